The summed E-state index contributed by atoms with van der Waals surface area (Å²) in [6.07, 6.45) is 0. The van der Waals surface area contributed by atoms with Crippen LogP contribution in [-0.4, -0.2) is 30.6 Å². The quantitative estimate of drug-likeness (QED) is 0.781. The molecule has 0 aromatic carbocycles. The summed E-state index contributed by atoms with van der Waals surface area (Å²) in [5.41, 5.74) is 0. The Labute approximate surface area is 89.5 Å². The summed E-state index contributed by atoms with van der Waals surface area (Å²) in [4.78, 5) is 2.33. The summed E-state index contributed by atoms with van der Waals surface area (Å²) >= 11 is 0. The molecule has 1 fully saturated rings. The van der Waals surface area contributed by atoms with Gasteiger partial charge in [0.05, 0.1) is 6.54 Å². The average Bonchev–Trinajstić information content (AvgIpc) is 2.65. The minimum atomic E-state index is 0.396. The first-order chi connectivity index (χ1) is 7.28. The second-order valence-corrected chi connectivity index (χ2v) is 3.97. The molecule has 0 unspecified atom stereocenters. The van der Waals surface area contributed by atoms with Crippen LogP contribution in [0.15, 0.2) is 16.5 Å². The smallest absolute Gasteiger partial charge is 0.203 e. The van der Waals surface area contributed by atoms with E-state index in [0.717, 1.165) is 31.9 Å². The Hall–Kier alpha value is -1.31. The third-order valence-corrected chi connectivity index (χ3v) is 2.60. The fraction of sp³-hybridized carbons (Fsp3) is 0.545. The lowest BCUT2D eigenvalue weighted by atomic mass is 10.2. The highest BCUT2D eigenvalue weighted by molar-refractivity contribution is 5.19. The van der Waals surface area contributed by atoms with Crippen LogP contribution in [0.3, 0.4) is 0 Å². The maximum absolute atomic E-state index is 8.63. The van der Waals surface area contributed by atoms with Crippen molar-refractivity contribution in [2.75, 3.05) is 19.6 Å². The van der Waals surface area contributed by atoms with Crippen LogP contribution in [0.1, 0.15) is 18.4 Å². The standard InChI is InChI=1S/C11H15N3O/c1-9-7-14(5-4-13-9)8-11-3-2-10(6-12)15-11/h2-3,9,13H,4-5,7-8H2,1H3/t9-/m1/s1. The van der Waals surface area contributed by atoms with Gasteiger partial charge in [-0.05, 0) is 19.1 Å². The van der Waals surface area contributed by atoms with Crippen molar-refractivity contribution < 1.29 is 4.42 Å². The van der Waals surface area contributed by atoms with Crippen molar-refractivity contribution in [3.63, 3.8) is 0 Å². The van der Waals surface area contributed by atoms with Gasteiger partial charge in [0.15, 0.2) is 0 Å². The van der Waals surface area contributed by atoms with Gasteiger partial charge < -0.3 is 9.73 Å². The molecule has 15 heavy (non-hydrogen) atoms. The Morgan fingerprint density at radius 1 is 1.67 bits per heavy atom. The lowest BCUT2D eigenvalue weighted by Gasteiger charge is -2.30. The third kappa shape index (κ3) is 2.58. The van der Waals surface area contributed by atoms with E-state index in [1.54, 1.807) is 6.07 Å². The molecular weight excluding hydrogens is 190 g/mol. The molecule has 2 heterocycles. The van der Waals surface area contributed by atoms with Gasteiger partial charge in [-0.1, -0.05) is 0 Å². The lowest BCUT2D eigenvalue weighted by Crippen LogP contribution is -2.48. The van der Waals surface area contributed by atoms with Crippen molar-refractivity contribution in [3.8, 4) is 6.07 Å². The molecule has 2 rings (SSSR count). The lowest BCUT2D eigenvalue weighted by molar-refractivity contribution is 0.186. The van der Waals surface area contributed by atoms with Crippen molar-refractivity contribution in [3.05, 3.63) is 23.7 Å². The van der Waals surface area contributed by atoms with E-state index in [1.165, 1.54) is 0 Å². The van der Waals surface area contributed by atoms with Crippen molar-refractivity contribution in [1.29, 1.82) is 5.26 Å². The summed E-state index contributed by atoms with van der Waals surface area (Å²) in [6, 6.07) is 6.13. The van der Waals surface area contributed by atoms with E-state index in [9.17, 15) is 0 Å². The third-order valence-electron chi connectivity index (χ3n) is 2.60. The van der Waals surface area contributed by atoms with E-state index in [0.29, 0.717) is 11.8 Å². The molecule has 0 amide bonds. The van der Waals surface area contributed by atoms with Gasteiger partial charge in [0.1, 0.15) is 11.8 Å². The van der Waals surface area contributed by atoms with Crippen molar-refractivity contribution in [1.82, 2.24) is 10.2 Å². The largest absolute Gasteiger partial charge is 0.449 e. The SMILES string of the molecule is C[C@@H]1CN(Cc2ccc(C#N)o2)CCN1. The van der Waals surface area contributed by atoms with Crippen LogP contribution in [-0.2, 0) is 6.54 Å². The molecule has 4 heteroatoms. The second-order valence-electron chi connectivity index (χ2n) is 3.97. The number of piperazine rings is 1. The normalized spacial score (nSPS) is 22.5. The maximum Gasteiger partial charge on any atom is 0.203 e. The molecule has 1 aromatic rings. The molecule has 0 radical (unpaired) electrons. The van der Waals surface area contributed by atoms with E-state index in [2.05, 4.69) is 17.1 Å². The predicted octanol–water partition coefficient (Wildman–Crippen LogP) is 0.945. The molecule has 0 aliphatic carbocycles. The number of nitriles is 1. The van der Waals surface area contributed by atoms with E-state index in [1.807, 2.05) is 12.1 Å². The Kier molecular flexibility index (Phi) is 3.05. The number of hydrogen-bond acceptors (Lipinski definition) is 4. The summed E-state index contributed by atoms with van der Waals surface area (Å²) < 4.78 is 5.35. The van der Waals surface area contributed by atoms with Crippen molar-refractivity contribution in [2.45, 2.75) is 19.5 Å². The first-order valence-electron chi connectivity index (χ1n) is 5.22. The Morgan fingerprint density at radius 3 is 3.20 bits per heavy atom. The second kappa shape index (κ2) is 4.47. The summed E-state index contributed by atoms with van der Waals surface area (Å²) in [5.74, 6) is 1.27. The van der Waals surface area contributed by atoms with Crippen LogP contribution in [0.2, 0.25) is 0 Å². The van der Waals surface area contributed by atoms with E-state index >= 15 is 0 Å². The summed E-state index contributed by atoms with van der Waals surface area (Å²) in [5, 5.41) is 12.0. The average molecular weight is 205 g/mol. The predicted molar refractivity (Wildman–Crippen MR) is 56.2 cm³/mol. The molecule has 1 saturated heterocycles. The molecule has 1 aliphatic rings. The van der Waals surface area contributed by atoms with Crippen LogP contribution in [0, 0.1) is 11.3 Å². The summed E-state index contributed by atoms with van der Waals surface area (Å²) in [7, 11) is 0. The van der Waals surface area contributed by atoms with Gasteiger partial charge >= 0.3 is 0 Å². The molecule has 4 nitrogen and oxygen atoms in total. The highest BCUT2D eigenvalue weighted by atomic mass is 16.3. The van der Waals surface area contributed by atoms with Crippen LogP contribution in [0.25, 0.3) is 0 Å². The number of hydrogen-bond donors (Lipinski definition) is 1. The van der Waals surface area contributed by atoms with Crippen LogP contribution in [0.4, 0.5) is 0 Å². The topological polar surface area (TPSA) is 52.2 Å². The first kappa shape index (κ1) is 10.2. The van der Waals surface area contributed by atoms with E-state index in [4.69, 9.17) is 9.68 Å². The molecule has 0 bridgehead atoms. The zero-order chi connectivity index (χ0) is 10.7. The minimum Gasteiger partial charge on any atom is -0.449 e. The first-order valence-corrected chi connectivity index (χ1v) is 5.22. The summed E-state index contributed by atoms with van der Waals surface area (Å²) in [6.45, 7) is 6.06. The number of furan rings is 1. The van der Waals surface area contributed by atoms with Crippen LogP contribution >= 0.6 is 0 Å². The molecule has 80 valence electrons. The highest BCUT2D eigenvalue weighted by Gasteiger charge is 2.16. The molecule has 1 aromatic heterocycles. The molecular formula is C11H15N3O. The Bertz CT molecular complexity index is 366. The number of rotatable bonds is 2. The Balaban J connectivity index is 1.93. The van der Waals surface area contributed by atoms with E-state index < -0.39 is 0 Å². The van der Waals surface area contributed by atoms with Gasteiger partial charge in [0.25, 0.3) is 0 Å². The zero-order valence-electron chi connectivity index (χ0n) is 8.86. The van der Waals surface area contributed by atoms with Crippen molar-refractivity contribution >= 4 is 0 Å². The van der Waals surface area contributed by atoms with Gasteiger partial charge in [0, 0.05) is 25.7 Å². The minimum absolute atomic E-state index is 0.396. The molecule has 0 spiro atoms. The fourth-order valence-corrected chi connectivity index (χ4v) is 1.90. The van der Waals surface area contributed by atoms with Crippen LogP contribution in [0.5, 0.6) is 0 Å². The van der Waals surface area contributed by atoms with Crippen molar-refractivity contribution in [2.24, 2.45) is 0 Å². The number of nitrogens with zero attached hydrogens (tertiary/aromatic N) is 2. The molecule has 0 saturated carbocycles. The van der Waals surface area contributed by atoms with E-state index in [-0.39, 0.29) is 0 Å². The highest BCUT2D eigenvalue weighted by Crippen LogP contribution is 2.11. The van der Waals surface area contributed by atoms with Gasteiger partial charge in [-0.15, -0.1) is 0 Å². The van der Waals surface area contributed by atoms with Gasteiger partial charge in [-0.25, -0.2) is 0 Å². The van der Waals surface area contributed by atoms with Gasteiger partial charge in [0.2, 0.25) is 5.76 Å². The van der Waals surface area contributed by atoms with Gasteiger partial charge in [-0.3, -0.25) is 4.90 Å². The molecule has 1 N–H and O–H groups in total. The Morgan fingerprint density at radius 2 is 2.53 bits per heavy atom. The maximum atomic E-state index is 8.63. The van der Waals surface area contributed by atoms with Gasteiger partial charge in [-0.2, -0.15) is 5.26 Å². The number of nitrogens with one attached hydrogen (secondary N) is 1. The molecule has 1 aliphatic heterocycles. The monoisotopic (exact) mass is 205 g/mol. The fourth-order valence-electron chi connectivity index (χ4n) is 1.90. The zero-order valence-corrected chi connectivity index (χ0v) is 8.86. The molecule has 1 atom stereocenters. The van der Waals surface area contributed by atoms with Crippen LogP contribution < -0.4 is 5.32 Å².